The Morgan fingerprint density at radius 1 is 1.46 bits per heavy atom. The van der Waals surface area contributed by atoms with Crippen LogP contribution >= 0.6 is 0 Å². The molecule has 0 aliphatic heterocycles. The molecule has 1 unspecified atom stereocenters. The summed E-state index contributed by atoms with van der Waals surface area (Å²) in [4.78, 5) is 13.0. The van der Waals surface area contributed by atoms with E-state index in [1.54, 1.807) is 0 Å². The molecule has 0 bridgehead atoms. The predicted octanol–water partition coefficient (Wildman–Crippen LogP) is 0.219. The number of esters is 1. The van der Waals surface area contributed by atoms with Gasteiger partial charge >= 0.3 is 5.97 Å². The standard InChI is InChI=1S/C9H20N2O2/c1-4-11(5-2)7-8(10)6-9(12)13-3/h8H,4-7,10H2,1-3H3. The summed E-state index contributed by atoms with van der Waals surface area (Å²) in [6.07, 6.45) is 0.299. The first-order valence-electron chi connectivity index (χ1n) is 4.68. The molecule has 0 aromatic carbocycles. The maximum atomic E-state index is 10.9. The van der Waals surface area contributed by atoms with Crippen LogP contribution in [0.3, 0.4) is 0 Å². The molecule has 0 saturated heterocycles. The molecule has 0 aliphatic carbocycles. The van der Waals surface area contributed by atoms with E-state index in [-0.39, 0.29) is 12.0 Å². The van der Waals surface area contributed by atoms with Gasteiger partial charge in [0.15, 0.2) is 0 Å². The van der Waals surface area contributed by atoms with Gasteiger partial charge in [0, 0.05) is 12.6 Å². The molecule has 0 amide bonds. The van der Waals surface area contributed by atoms with Crippen LogP contribution in [0.25, 0.3) is 0 Å². The van der Waals surface area contributed by atoms with Gasteiger partial charge in [-0.25, -0.2) is 0 Å². The Morgan fingerprint density at radius 2 is 2.00 bits per heavy atom. The Kier molecular flexibility index (Phi) is 6.54. The Morgan fingerprint density at radius 3 is 2.38 bits per heavy atom. The molecule has 0 heterocycles. The Bertz CT molecular complexity index is 147. The largest absolute Gasteiger partial charge is 0.469 e. The maximum Gasteiger partial charge on any atom is 0.307 e. The highest BCUT2D eigenvalue weighted by atomic mass is 16.5. The van der Waals surface area contributed by atoms with E-state index in [0.717, 1.165) is 19.6 Å². The van der Waals surface area contributed by atoms with E-state index in [1.807, 2.05) is 0 Å². The summed E-state index contributed by atoms with van der Waals surface area (Å²) >= 11 is 0. The second-order valence-corrected chi connectivity index (χ2v) is 3.03. The van der Waals surface area contributed by atoms with Crippen molar-refractivity contribution in [1.29, 1.82) is 0 Å². The molecule has 0 aliphatic rings. The summed E-state index contributed by atoms with van der Waals surface area (Å²) in [6.45, 7) is 6.83. The smallest absolute Gasteiger partial charge is 0.307 e. The van der Waals surface area contributed by atoms with E-state index >= 15 is 0 Å². The monoisotopic (exact) mass is 188 g/mol. The number of likely N-dealkylation sites (N-methyl/N-ethyl adjacent to an activating group) is 1. The lowest BCUT2D eigenvalue weighted by atomic mass is 10.2. The first kappa shape index (κ1) is 12.4. The molecule has 0 radical (unpaired) electrons. The van der Waals surface area contributed by atoms with Crippen molar-refractivity contribution in [3.8, 4) is 0 Å². The fourth-order valence-electron chi connectivity index (χ4n) is 1.18. The van der Waals surface area contributed by atoms with E-state index in [1.165, 1.54) is 7.11 Å². The number of hydrogen-bond acceptors (Lipinski definition) is 4. The van der Waals surface area contributed by atoms with Gasteiger partial charge in [-0.2, -0.15) is 0 Å². The molecule has 78 valence electrons. The van der Waals surface area contributed by atoms with Crippen LogP contribution in [0, 0.1) is 0 Å². The van der Waals surface area contributed by atoms with Crippen molar-refractivity contribution in [2.45, 2.75) is 26.3 Å². The van der Waals surface area contributed by atoms with Gasteiger partial charge in [0.1, 0.15) is 0 Å². The van der Waals surface area contributed by atoms with Crippen LogP contribution in [0.2, 0.25) is 0 Å². The highest BCUT2D eigenvalue weighted by Gasteiger charge is 2.11. The zero-order valence-corrected chi connectivity index (χ0v) is 8.75. The molecule has 4 heteroatoms. The minimum absolute atomic E-state index is 0.118. The number of methoxy groups -OCH3 is 1. The molecule has 0 fully saturated rings. The normalized spacial score (nSPS) is 13.0. The minimum Gasteiger partial charge on any atom is -0.469 e. The third kappa shape index (κ3) is 5.60. The fourth-order valence-corrected chi connectivity index (χ4v) is 1.18. The second kappa shape index (κ2) is 6.86. The van der Waals surface area contributed by atoms with E-state index in [2.05, 4.69) is 23.5 Å². The number of ether oxygens (including phenoxy) is 1. The molecule has 0 aromatic rings. The minimum atomic E-state index is -0.236. The van der Waals surface area contributed by atoms with Gasteiger partial charge in [0.2, 0.25) is 0 Å². The summed E-state index contributed by atoms with van der Waals surface area (Å²) < 4.78 is 4.53. The van der Waals surface area contributed by atoms with E-state index in [9.17, 15) is 4.79 Å². The van der Waals surface area contributed by atoms with Crippen LogP contribution in [0.4, 0.5) is 0 Å². The lowest BCUT2D eigenvalue weighted by Crippen LogP contribution is -2.38. The van der Waals surface area contributed by atoms with Gasteiger partial charge in [-0.15, -0.1) is 0 Å². The zero-order chi connectivity index (χ0) is 10.3. The quantitative estimate of drug-likeness (QED) is 0.606. The zero-order valence-electron chi connectivity index (χ0n) is 8.75. The number of rotatable bonds is 6. The highest BCUT2D eigenvalue weighted by Crippen LogP contribution is 1.95. The molecule has 0 rings (SSSR count). The molecular weight excluding hydrogens is 168 g/mol. The first-order chi connectivity index (χ1) is 6.13. The molecule has 13 heavy (non-hydrogen) atoms. The molecule has 0 saturated carbocycles. The fraction of sp³-hybridized carbons (Fsp3) is 0.889. The van der Waals surface area contributed by atoms with Crippen LogP contribution in [0.1, 0.15) is 20.3 Å². The molecule has 0 spiro atoms. The van der Waals surface area contributed by atoms with Crippen molar-refractivity contribution >= 4 is 5.97 Å². The van der Waals surface area contributed by atoms with Gasteiger partial charge in [-0.1, -0.05) is 13.8 Å². The van der Waals surface area contributed by atoms with E-state index in [4.69, 9.17) is 5.73 Å². The van der Waals surface area contributed by atoms with Crippen LogP contribution in [0.15, 0.2) is 0 Å². The van der Waals surface area contributed by atoms with Crippen LogP contribution in [-0.2, 0) is 9.53 Å². The average Bonchev–Trinajstić information content (AvgIpc) is 2.13. The number of nitrogens with zero attached hydrogens (tertiary/aromatic N) is 1. The summed E-state index contributed by atoms with van der Waals surface area (Å²) in [5.41, 5.74) is 5.76. The third-order valence-electron chi connectivity index (χ3n) is 2.04. The van der Waals surface area contributed by atoms with Crippen LogP contribution in [0.5, 0.6) is 0 Å². The number of carbonyl (C=O) groups excluding carboxylic acids is 1. The van der Waals surface area contributed by atoms with Gasteiger partial charge in [0.05, 0.1) is 13.5 Å². The van der Waals surface area contributed by atoms with Crippen LogP contribution in [-0.4, -0.2) is 43.7 Å². The average molecular weight is 188 g/mol. The second-order valence-electron chi connectivity index (χ2n) is 3.03. The SMILES string of the molecule is CCN(CC)CC(N)CC(=O)OC. The van der Waals surface area contributed by atoms with Crippen molar-refractivity contribution in [1.82, 2.24) is 4.90 Å². The van der Waals surface area contributed by atoms with Crippen molar-refractivity contribution in [2.24, 2.45) is 5.73 Å². The Labute approximate surface area is 80.0 Å². The molecule has 1 atom stereocenters. The predicted molar refractivity (Wildman–Crippen MR) is 52.4 cm³/mol. The Hall–Kier alpha value is -0.610. The lowest BCUT2D eigenvalue weighted by molar-refractivity contribution is -0.141. The van der Waals surface area contributed by atoms with E-state index in [0.29, 0.717) is 6.42 Å². The summed E-state index contributed by atoms with van der Waals surface area (Å²) in [7, 11) is 1.38. The summed E-state index contributed by atoms with van der Waals surface area (Å²) in [6, 6.07) is -0.118. The van der Waals surface area contributed by atoms with Gasteiger partial charge in [0.25, 0.3) is 0 Å². The Balaban J connectivity index is 3.71. The van der Waals surface area contributed by atoms with Crippen molar-refractivity contribution in [2.75, 3.05) is 26.7 Å². The van der Waals surface area contributed by atoms with Crippen molar-refractivity contribution in [3.63, 3.8) is 0 Å². The molecule has 4 nitrogen and oxygen atoms in total. The lowest BCUT2D eigenvalue weighted by Gasteiger charge is -2.21. The number of nitrogens with two attached hydrogens (primary N) is 1. The van der Waals surface area contributed by atoms with Gasteiger partial charge < -0.3 is 15.4 Å². The van der Waals surface area contributed by atoms with E-state index < -0.39 is 0 Å². The molecule has 2 N–H and O–H groups in total. The first-order valence-corrected chi connectivity index (χ1v) is 4.68. The topological polar surface area (TPSA) is 55.6 Å². The highest BCUT2D eigenvalue weighted by molar-refractivity contribution is 5.69. The van der Waals surface area contributed by atoms with Crippen molar-refractivity contribution < 1.29 is 9.53 Å². The summed E-state index contributed by atoms with van der Waals surface area (Å²) in [5.74, 6) is -0.236. The van der Waals surface area contributed by atoms with Gasteiger partial charge in [-0.3, -0.25) is 4.79 Å². The third-order valence-corrected chi connectivity index (χ3v) is 2.04. The summed E-state index contributed by atoms with van der Waals surface area (Å²) in [5, 5.41) is 0. The number of carbonyl (C=O) groups is 1. The molecular formula is C9H20N2O2. The van der Waals surface area contributed by atoms with Gasteiger partial charge in [-0.05, 0) is 13.1 Å². The van der Waals surface area contributed by atoms with Crippen molar-refractivity contribution in [3.05, 3.63) is 0 Å². The maximum absolute atomic E-state index is 10.9. The number of hydrogen-bond donors (Lipinski definition) is 1. The van der Waals surface area contributed by atoms with Crippen LogP contribution < -0.4 is 5.73 Å². The molecule has 0 aromatic heterocycles.